The van der Waals surface area contributed by atoms with Gasteiger partial charge in [0.15, 0.2) is 0 Å². The maximum atomic E-state index is 5.93. The molecule has 3 rings (SSSR count). The van der Waals surface area contributed by atoms with Gasteiger partial charge in [0.05, 0.1) is 0 Å². The Morgan fingerprint density at radius 2 is 1.72 bits per heavy atom. The predicted molar refractivity (Wildman–Crippen MR) is 106 cm³/mol. The van der Waals surface area contributed by atoms with Gasteiger partial charge < -0.3 is 11.7 Å². The molecule has 0 aliphatic heterocycles. The van der Waals surface area contributed by atoms with E-state index in [1.807, 2.05) is 24.3 Å². The smallest absolute Gasteiger partial charge is 0.489 e. The van der Waals surface area contributed by atoms with Crippen LogP contribution in [0.1, 0.15) is 62.5 Å². The quantitative estimate of drug-likeness (QED) is 0.542. The number of halogens is 1. The van der Waals surface area contributed by atoms with Crippen molar-refractivity contribution in [3.63, 3.8) is 0 Å². The number of unbranched alkanes of at least 4 members (excludes halogenated alkanes) is 1. The zero-order valence-electron chi connectivity index (χ0n) is 15.6. The van der Waals surface area contributed by atoms with Crippen LogP contribution in [-0.4, -0.2) is 0 Å². The molecule has 0 atom stereocenters. The molecule has 2 aromatic rings. The van der Waals surface area contributed by atoms with Crippen LogP contribution < -0.4 is 23.6 Å². The van der Waals surface area contributed by atoms with Gasteiger partial charge in [-0.1, -0.05) is 72.4 Å². The average Bonchev–Trinajstić information content (AvgIpc) is 3.16. The molecule has 2 aromatic carbocycles. The van der Waals surface area contributed by atoms with E-state index < -0.39 is 0 Å². The second kappa shape index (κ2) is 12.6. The van der Waals surface area contributed by atoms with Crippen LogP contribution in [0.3, 0.4) is 0 Å². The van der Waals surface area contributed by atoms with Gasteiger partial charge in [-0.15, -0.1) is 0 Å². The molecular weight excluding hydrogens is 367 g/mol. The number of rotatable bonds is 5. The molecule has 0 radical (unpaired) electrons. The summed E-state index contributed by atoms with van der Waals surface area (Å²) in [6.07, 6.45) is 7.60. The van der Waals surface area contributed by atoms with Crippen LogP contribution in [0.2, 0.25) is 0 Å². The summed E-state index contributed by atoms with van der Waals surface area (Å²) in [4.78, 5) is 0. The average molecular weight is 395 g/mol. The fraction of sp³-hybridized carbons (Fsp3) is 0.409. The molecule has 1 aliphatic carbocycles. The topological polar surface area (TPSA) is 9.23 Å². The maximum Gasteiger partial charge on any atom is 1.00 e. The fourth-order valence-corrected chi connectivity index (χ4v) is 3.47. The van der Waals surface area contributed by atoms with E-state index in [9.17, 15) is 0 Å². The predicted octanol–water partition coefficient (Wildman–Crippen LogP) is 4.31. The molecule has 0 saturated heterocycles. The summed E-state index contributed by atoms with van der Waals surface area (Å²) in [5.74, 6) is 1.67. The van der Waals surface area contributed by atoms with E-state index in [2.05, 4.69) is 54.0 Å². The second-order valence-electron chi connectivity index (χ2n) is 6.29. The molecule has 130 valence electrons. The third kappa shape index (κ3) is 7.61. The monoisotopic (exact) mass is 394 g/mol. The number of hydrogen-bond acceptors (Lipinski definition) is 1. The Kier molecular flexibility index (Phi) is 11.3. The van der Waals surface area contributed by atoms with Gasteiger partial charge in [-0.2, -0.15) is 6.42 Å². The molecule has 0 spiro atoms. The van der Waals surface area contributed by atoms with Crippen molar-refractivity contribution in [3.05, 3.63) is 71.1 Å². The molecule has 0 unspecified atom stereocenters. The van der Waals surface area contributed by atoms with Gasteiger partial charge in [0, 0.05) is 4.47 Å². The SMILES string of the molecule is Brc1ccc(OCc2ccccc2)cc1C1CCCC1.[CH2-]CCC.[Li+]. The van der Waals surface area contributed by atoms with Gasteiger partial charge in [0.1, 0.15) is 12.4 Å². The summed E-state index contributed by atoms with van der Waals surface area (Å²) in [5.41, 5.74) is 2.62. The van der Waals surface area contributed by atoms with Gasteiger partial charge in [0.2, 0.25) is 0 Å². The van der Waals surface area contributed by atoms with Crippen molar-refractivity contribution >= 4 is 15.9 Å². The standard InChI is InChI=1S/C18H19BrO.C4H9.Li/c19-18-11-10-16(12-17(18)15-8-4-5-9-15)20-13-14-6-2-1-3-7-14;1-3-4-2;/h1-3,6-7,10-12,15H,4-5,8-9,13H2;1,3-4H2,2H3;/q;-1;+1. The molecular formula is C22H28BrLiO. The first kappa shape index (κ1) is 22.4. The van der Waals surface area contributed by atoms with E-state index in [1.54, 1.807) is 0 Å². The van der Waals surface area contributed by atoms with E-state index in [1.165, 1.54) is 47.7 Å². The first-order valence-corrected chi connectivity index (χ1v) is 9.79. The van der Waals surface area contributed by atoms with Crippen LogP contribution in [0.25, 0.3) is 0 Å². The van der Waals surface area contributed by atoms with E-state index in [4.69, 9.17) is 4.74 Å². The van der Waals surface area contributed by atoms with Crippen molar-refractivity contribution in [2.75, 3.05) is 0 Å². The Morgan fingerprint density at radius 3 is 2.32 bits per heavy atom. The number of ether oxygens (including phenoxy) is 1. The van der Waals surface area contributed by atoms with Crippen molar-refractivity contribution in [3.8, 4) is 5.75 Å². The first-order chi connectivity index (χ1) is 11.7. The Morgan fingerprint density at radius 1 is 1.08 bits per heavy atom. The van der Waals surface area contributed by atoms with Gasteiger partial charge in [-0.3, -0.25) is 0 Å². The maximum absolute atomic E-state index is 5.93. The molecule has 3 heteroatoms. The van der Waals surface area contributed by atoms with E-state index in [0.717, 1.165) is 12.2 Å². The summed E-state index contributed by atoms with van der Waals surface area (Å²) >= 11 is 3.68. The molecule has 1 nitrogen and oxygen atoms in total. The molecule has 1 fully saturated rings. The molecule has 1 saturated carbocycles. The van der Waals surface area contributed by atoms with E-state index >= 15 is 0 Å². The van der Waals surface area contributed by atoms with Crippen LogP contribution in [-0.2, 0) is 6.61 Å². The molecule has 0 aromatic heterocycles. The normalized spacial score (nSPS) is 13.6. The minimum atomic E-state index is 0. The van der Waals surface area contributed by atoms with Crippen molar-refractivity contribution in [2.45, 2.75) is 58.0 Å². The van der Waals surface area contributed by atoms with Crippen molar-refractivity contribution in [1.82, 2.24) is 0 Å². The van der Waals surface area contributed by atoms with Gasteiger partial charge in [0.25, 0.3) is 0 Å². The Balaban J connectivity index is 0.000000568. The molecule has 0 amide bonds. The second-order valence-corrected chi connectivity index (χ2v) is 7.15. The molecule has 1 aliphatic rings. The van der Waals surface area contributed by atoms with E-state index in [-0.39, 0.29) is 18.9 Å². The summed E-state index contributed by atoms with van der Waals surface area (Å²) in [6, 6.07) is 16.7. The molecule has 0 heterocycles. The van der Waals surface area contributed by atoms with Crippen LogP contribution in [0.5, 0.6) is 5.75 Å². The van der Waals surface area contributed by atoms with Crippen molar-refractivity contribution in [2.24, 2.45) is 0 Å². The molecule has 25 heavy (non-hydrogen) atoms. The zero-order chi connectivity index (χ0) is 17.2. The fourth-order valence-electron chi connectivity index (χ4n) is 2.90. The largest absolute Gasteiger partial charge is 1.00 e. The van der Waals surface area contributed by atoms with Gasteiger partial charge in [-0.25, -0.2) is 0 Å². The summed E-state index contributed by atoms with van der Waals surface area (Å²) in [5, 5.41) is 0. The van der Waals surface area contributed by atoms with Gasteiger partial charge >= 0.3 is 18.9 Å². The third-order valence-corrected chi connectivity index (χ3v) is 5.09. The van der Waals surface area contributed by atoms with Crippen molar-refractivity contribution in [1.29, 1.82) is 0 Å². The van der Waals surface area contributed by atoms with E-state index in [0.29, 0.717) is 12.5 Å². The van der Waals surface area contributed by atoms with Gasteiger partial charge in [-0.05, 0) is 48.1 Å². The number of hydrogen-bond donors (Lipinski definition) is 0. The Bertz CT molecular complexity index is 592. The molecule has 0 N–H and O–H groups in total. The minimum Gasteiger partial charge on any atom is -0.489 e. The van der Waals surface area contributed by atoms with Crippen LogP contribution >= 0.6 is 15.9 Å². The molecule has 0 bridgehead atoms. The Hall–Kier alpha value is -0.683. The summed E-state index contributed by atoms with van der Waals surface area (Å²) in [6.45, 7) is 6.35. The van der Waals surface area contributed by atoms with Crippen molar-refractivity contribution < 1.29 is 23.6 Å². The summed E-state index contributed by atoms with van der Waals surface area (Å²) in [7, 11) is 0. The van der Waals surface area contributed by atoms with Crippen LogP contribution in [0.4, 0.5) is 0 Å². The first-order valence-electron chi connectivity index (χ1n) is 9.00. The van der Waals surface area contributed by atoms with Crippen LogP contribution in [0, 0.1) is 6.92 Å². The Labute approximate surface area is 173 Å². The minimum absolute atomic E-state index is 0. The number of benzene rings is 2. The van der Waals surface area contributed by atoms with Crippen LogP contribution in [0.15, 0.2) is 53.0 Å². The zero-order valence-corrected chi connectivity index (χ0v) is 17.2. The third-order valence-electron chi connectivity index (χ3n) is 4.36. The summed E-state index contributed by atoms with van der Waals surface area (Å²) < 4.78 is 7.15.